The van der Waals surface area contributed by atoms with E-state index in [-0.39, 0.29) is 19.5 Å². The van der Waals surface area contributed by atoms with E-state index < -0.39 is 6.16 Å². The molecule has 0 unspecified atom stereocenters. The van der Waals surface area contributed by atoms with Crippen LogP contribution in [0.25, 0.3) is 0 Å². The van der Waals surface area contributed by atoms with E-state index in [2.05, 4.69) is 0 Å². The van der Waals surface area contributed by atoms with Gasteiger partial charge in [-0.25, -0.2) is 4.79 Å². The molecule has 0 spiro atoms. The van der Waals surface area contributed by atoms with Crippen molar-refractivity contribution in [2.24, 2.45) is 0 Å². The third-order valence-electron chi connectivity index (χ3n) is 0. The smallest absolute Gasteiger partial charge is 0.450 e. The molecule has 24 valence electrons. The van der Waals surface area contributed by atoms with Crippen molar-refractivity contribution in [2.45, 2.75) is 0 Å². The summed E-state index contributed by atoms with van der Waals surface area (Å²) in [6, 6.07) is 0. The first-order valence-electron chi connectivity index (χ1n) is 0.651. The molecule has 3 nitrogen and oxygen atoms in total. The van der Waals surface area contributed by atoms with Crippen LogP contribution in [0.4, 0.5) is 4.79 Å². The van der Waals surface area contributed by atoms with Crippen LogP contribution in [0, 0.1) is 0 Å². The minimum atomic E-state index is -1.83. The molecule has 0 rings (SSSR count). The minimum absolute atomic E-state index is 0. The topological polar surface area (TPSA) is 57.5 Å². The summed E-state index contributed by atoms with van der Waals surface area (Å²) >= 11 is 0. The molecule has 0 saturated heterocycles. The second-order valence-electron chi connectivity index (χ2n) is 0.283. The van der Waals surface area contributed by atoms with Crippen molar-refractivity contribution >= 4 is 6.16 Å². The predicted molar refractivity (Wildman–Crippen MR) is 10.7 cm³/mol. The molecule has 0 aromatic rings. The number of carbonyl (C=O) groups is 1. The first-order chi connectivity index (χ1) is 1.73. The Balaban J connectivity index is 0. The monoisotopic (exact) mass is 126 g/mol. The molecule has 0 radical (unpaired) electrons. The van der Waals surface area contributed by atoms with Crippen molar-refractivity contribution in [2.75, 3.05) is 0 Å². The standard InChI is InChI=1S/CH2O3.Zn/c2-1(3)4;/h(H2,2,3,4);/q;+2. The summed E-state index contributed by atoms with van der Waals surface area (Å²) in [5, 5.41) is 13.9. The second-order valence-corrected chi connectivity index (χ2v) is 0.283. The summed E-state index contributed by atoms with van der Waals surface area (Å²) in [5.41, 5.74) is 0. The van der Waals surface area contributed by atoms with Crippen LogP contribution in [0.3, 0.4) is 0 Å². The quantitative estimate of drug-likeness (QED) is 0.458. The number of hydrogen-bond acceptors (Lipinski definition) is 1. The van der Waals surface area contributed by atoms with Crippen molar-refractivity contribution in [1.29, 1.82) is 0 Å². The van der Waals surface area contributed by atoms with E-state index in [1.54, 1.807) is 0 Å². The van der Waals surface area contributed by atoms with Crippen molar-refractivity contribution in [3.05, 3.63) is 0 Å². The van der Waals surface area contributed by atoms with E-state index in [0.29, 0.717) is 0 Å². The van der Waals surface area contributed by atoms with Crippen LogP contribution in [0.2, 0.25) is 0 Å². The van der Waals surface area contributed by atoms with Gasteiger partial charge in [0.1, 0.15) is 0 Å². The Bertz CT molecular complexity index is 29.9. The zero-order valence-corrected chi connectivity index (χ0v) is 5.48. The third-order valence-corrected chi connectivity index (χ3v) is 0. The molecule has 0 amide bonds. The van der Waals surface area contributed by atoms with Gasteiger partial charge in [-0.05, 0) is 0 Å². The van der Waals surface area contributed by atoms with Crippen molar-refractivity contribution in [1.82, 2.24) is 0 Å². The molecule has 0 bridgehead atoms. The van der Waals surface area contributed by atoms with Crippen LogP contribution in [-0.2, 0) is 19.5 Å². The maximum absolute atomic E-state index is 8.56. The zero-order chi connectivity index (χ0) is 3.58. The number of carboxylic acid groups (broad SMARTS) is 2. The summed E-state index contributed by atoms with van der Waals surface area (Å²) in [4.78, 5) is 8.56. The van der Waals surface area contributed by atoms with Crippen LogP contribution >= 0.6 is 0 Å². The molecule has 0 heterocycles. The maximum atomic E-state index is 8.56. The predicted octanol–water partition coefficient (Wildman–Crippen LogP) is 0.220. The van der Waals surface area contributed by atoms with Gasteiger partial charge in [0.15, 0.2) is 0 Å². The summed E-state index contributed by atoms with van der Waals surface area (Å²) in [6.45, 7) is 0. The molecule has 5 heavy (non-hydrogen) atoms. The fourth-order valence-corrected chi connectivity index (χ4v) is 0. The molecule has 0 aromatic heterocycles. The fourth-order valence-electron chi connectivity index (χ4n) is 0. The first-order valence-corrected chi connectivity index (χ1v) is 0.651. The maximum Gasteiger partial charge on any atom is 2.00 e. The average Bonchev–Trinajstić information content (AvgIpc) is 0.811. The van der Waals surface area contributed by atoms with Gasteiger partial charge in [-0.15, -0.1) is 0 Å². The molecular formula is CH2O3Zn+2. The van der Waals surface area contributed by atoms with Gasteiger partial charge < -0.3 is 10.2 Å². The molecule has 2 N–H and O–H groups in total. The van der Waals surface area contributed by atoms with Gasteiger partial charge in [0.25, 0.3) is 0 Å². The van der Waals surface area contributed by atoms with E-state index in [1.165, 1.54) is 0 Å². The largest absolute Gasteiger partial charge is 2.00 e. The Morgan fingerprint density at radius 2 is 1.40 bits per heavy atom. The van der Waals surface area contributed by atoms with E-state index in [1.807, 2.05) is 0 Å². The Morgan fingerprint density at radius 3 is 1.40 bits per heavy atom. The summed E-state index contributed by atoms with van der Waals surface area (Å²) < 4.78 is 0. The second kappa shape index (κ2) is 3.89. The minimum Gasteiger partial charge on any atom is -0.450 e. The van der Waals surface area contributed by atoms with Crippen LogP contribution in [0.5, 0.6) is 0 Å². The molecule has 0 aromatic carbocycles. The zero-order valence-electron chi connectivity index (χ0n) is 2.51. The number of hydrogen-bond donors (Lipinski definition) is 2. The molecule has 0 aliphatic rings. The van der Waals surface area contributed by atoms with Gasteiger partial charge in [-0.3, -0.25) is 0 Å². The molecule has 4 heteroatoms. The van der Waals surface area contributed by atoms with Gasteiger partial charge in [0, 0.05) is 0 Å². The van der Waals surface area contributed by atoms with Crippen LogP contribution in [0.1, 0.15) is 0 Å². The Kier molecular flexibility index (Phi) is 6.90. The molecule has 0 fully saturated rings. The van der Waals surface area contributed by atoms with Gasteiger partial charge in [-0.1, -0.05) is 0 Å². The van der Waals surface area contributed by atoms with Gasteiger partial charge in [0.2, 0.25) is 0 Å². The van der Waals surface area contributed by atoms with E-state index in [9.17, 15) is 0 Å². The third kappa shape index (κ3) is 1230. The number of rotatable bonds is 0. The van der Waals surface area contributed by atoms with Crippen LogP contribution < -0.4 is 0 Å². The SMILES string of the molecule is O=C(O)O.[Zn+2]. The molecule has 0 aliphatic heterocycles. The van der Waals surface area contributed by atoms with Crippen LogP contribution in [-0.4, -0.2) is 16.4 Å². The van der Waals surface area contributed by atoms with Crippen molar-refractivity contribution in [3.8, 4) is 0 Å². The van der Waals surface area contributed by atoms with Crippen LogP contribution in [0.15, 0.2) is 0 Å². The fraction of sp³-hybridized carbons (Fsp3) is 0. The molecular weight excluding hydrogens is 125 g/mol. The Labute approximate surface area is 41.4 Å². The normalized spacial score (nSPS) is 4.80. The van der Waals surface area contributed by atoms with Gasteiger partial charge >= 0.3 is 25.6 Å². The van der Waals surface area contributed by atoms with Gasteiger partial charge in [0.05, 0.1) is 0 Å². The summed E-state index contributed by atoms with van der Waals surface area (Å²) in [7, 11) is 0. The average molecular weight is 127 g/mol. The van der Waals surface area contributed by atoms with Crippen molar-refractivity contribution < 1.29 is 34.5 Å². The summed E-state index contributed by atoms with van der Waals surface area (Å²) in [5.74, 6) is 0. The molecule has 0 saturated carbocycles. The Hall–Kier alpha value is -0.107. The molecule has 0 aliphatic carbocycles. The first kappa shape index (κ1) is 8.86. The van der Waals surface area contributed by atoms with E-state index in [4.69, 9.17) is 15.0 Å². The Morgan fingerprint density at radius 1 is 1.40 bits per heavy atom. The summed E-state index contributed by atoms with van der Waals surface area (Å²) in [6.07, 6.45) is -1.83. The van der Waals surface area contributed by atoms with Crippen molar-refractivity contribution in [3.63, 3.8) is 0 Å². The van der Waals surface area contributed by atoms with E-state index in [0.717, 1.165) is 0 Å². The van der Waals surface area contributed by atoms with Gasteiger partial charge in [-0.2, -0.15) is 0 Å². The van der Waals surface area contributed by atoms with E-state index >= 15 is 0 Å². The molecule has 0 atom stereocenters.